The van der Waals surface area contributed by atoms with Crippen LogP contribution in [0.15, 0.2) is 48.5 Å². The zero-order chi connectivity index (χ0) is 24.4. The fourth-order valence-corrected chi connectivity index (χ4v) is 5.59. The summed E-state index contributed by atoms with van der Waals surface area (Å²) in [6.07, 6.45) is 1.36. The zero-order valence-electron chi connectivity index (χ0n) is 20.0. The van der Waals surface area contributed by atoms with Crippen LogP contribution in [-0.2, 0) is 9.59 Å². The molecule has 3 aliphatic rings. The smallest absolute Gasteiger partial charge is 0.250 e. The van der Waals surface area contributed by atoms with Gasteiger partial charge in [0.15, 0.2) is 0 Å². The predicted octanol–water partition coefficient (Wildman–Crippen LogP) is 1.31. The van der Waals surface area contributed by atoms with E-state index in [9.17, 15) is 14.7 Å². The Morgan fingerprint density at radius 1 is 1.14 bits per heavy atom. The Morgan fingerprint density at radius 3 is 2.51 bits per heavy atom. The van der Waals surface area contributed by atoms with Crippen molar-refractivity contribution in [2.24, 2.45) is 5.41 Å². The highest BCUT2D eigenvalue weighted by Gasteiger charge is 2.54. The SMILES string of the molecule is COc1cccc(NC2C(=O)N(c3ccc(C4CNNC4)cc3)CC23CCN(C(=O)CO)CC3)c1. The zero-order valence-corrected chi connectivity index (χ0v) is 20.0. The quantitative estimate of drug-likeness (QED) is 0.495. The molecular weight excluding hydrogens is 446 g/mol. The number of methoxy groups -OCH3 is 1. The Balaban J connectivity index is 1.41. The summed E-state index contributed by atoms with van der Waals surface area (Å²) in [6, 6.07) is 15.5. The Kier molecular flexibility index (Phi) is 6.64. The third-order valence-corrected chi connectivity index (χ3v) is 7.72. The van der Waals surface area contributed by atoms with Gasteiger partial charge in [0, 0.05) is 61.5 Å². The number of piperidine rings is 1. The number of aliphatic hydroxyl groups is 1. The molecule has 3 aliphatic heterocycles. The van der Waals surface area contributed by atoms with Gasteiger partial charge in [0.05, 0.1) is 7.11 Å². The monoisotopic (exact) mass is 479 g/mol. The van der Waals surface area contributed by atoms with Crippen molar-refractivity contribution in [2.45, 2.75) is 24.8 Å². The molecule has 4 N–H and O–H groups in total. The van der Waals surface area contributed by atoms with Crippen molar-refractivity contribution in [1.29, 1.82) is 0 Å². The van der Waals surface area contributed by atoms with Crippen LogP contribution < -0.4 is 25.8 Å². The van der Waals surface area contributed by atoms with Crippen LogP contribution in [0.2, 0.25) is 0 Å². The number of hydrogen-bond donors (Lipinski definition) is 4. The predicted molar refractivity (Wildman–Crippen MR) is 133 cm³/mol. The van der Waals surface area contributed by atoms with Crippen molar-refractivity contribution < 1.29 is 19.4 Å². The molecule has 186 valence electrons. The van der Waals surface area contributed by atoms with Crippen molar-refractivity contribution in [1.82, 2.24) is 15.8 Å². The number of benzene rings is 2. The topological polar surface area (TPSA) is 106 Å². The van der Waals surface area contributed by atoms with E-state index in [1.165, 1.54) is 5.56 Å². The lowest BCUT2D eigenvalue weighted by Gasteiger charge is -2.41. The third kappa shape index (κ3) is 4.59. The van der Waals surface area contributed by atoms with Gasteiger partial charge in [-0.25, -0.2) is 0 Å². The van der Waals surface area contributed by atoms with Gasteiger partial charge in [-0.15, -0.1) is 0 Å². The van der Waals surface area contributed by atoms with E-state index in [2.05, 4.69) is 28.3 Å². The Hall–Kier alpha value is -3.14. The van der Waals surface area contributed by atoms with Gasteiger partial charge in [-0.2, -0.15) is 0 Å². The van der Waals surface area contributed by atoms with Gasteiger partial charge in [0.2, 0.25) is 11.8 Å². The lowest BCUT2D eigenvalue weighted by atomic mass is 9.74. The maximum Gasteiger partial charge on any atom is 0.250 e. The molecule has 9 nitrogen and oxygen atoms in total. The minimum Gasteiger partial charge on any atom is -0.497 e. The van der Waals surface area contributed by atoms with E-state index in [0.717, 1.165) is 30.2 Å². The van der Waals surface area contributed by atoms with Crippen molar-refractivity contribution in [2.75, 3.05) is 56.7 Å². The van der Waals surface area contributed by atoms with Crippen LogP contribution in [-0.4, -0.2) is 74.3 Å². The van der Waals surface area contributed by atoms with Crippen molar-refractivity contribution >= 4 is 23.2 Å². The van der Waals surface area contributed by atoms with Crippen molar-refractivity contribution in [3.05, 3.63) is 54.1 Å². The standard InChI is InChI=1S/C26H33N5O4/c1-35-22-4-2-3-20(13-22)29-24-25(34)31(17-26(24)9-11-30(12-10-26)23(33)16-32)21-7-5-18(6-8-21)19-14-27-28-15-19/h2-8,13,19,24,27-29,32H,9-12,14-17H2,1H3. The molecular formula is C26H33N5O4. The summed E-state index contributed by atoms with van der Waals surface area (Å²) < 4.78 is 5.37. The van der Waals surface area contributed by atoms with Gasteiger partial charge in [0.25, 0.3) is 0 Å². The minimum atomic E-state index is -0.484. The molecule has 9 heteroatoms. The maximum atomic E-state index is 13.8. The van der Waals surface area contributed by atoms with E-state index < -0.39 is 12.6 Å². The summed E-state index contributed by atoms with van der Waals surface area (Å²) in [5, 5.41) is 12.8. The molecule has 0 bridgehead atoms. The van der Waals surface area contributed by atoms with Crippen LogP contribution in [0.25, 0.3) is 0 Å². The summed E-state index contributed by atoms with van der Waals surface area (Å²) >= 11 is 0. The van der Waals surface area contributed by atoms with Crippen LogP contribution in [0.4, 0.5) is 11.4 Å². The van der Waals surface area contributed by atoms with Crippen LogP contribution in [0.1, 0.15) is 24.3 Å². The van der Waals surface area contributed by atoms with Gasteiger partial charge in [-0.05, 0) is 42.7 Å². The maximum absolute atomic E-state index is 13.8. The van der Waals surface area contributed by atoms with Gasteiger partial charge < -0.3 is 25.0 Å². The molecule has 0 saturated carbocycles. The average Bonchev–Trinajstić information content (AvgIpc) is 3.53. The molecule has 1 spiro atoms. The lowest BCUT2D eigenvalue weighted by molar-refractivity contribution is -0.136. The number of nitrogens with zero attached hydrogens (tertiary/aromatic N) is 2. The highest BCUT2D eigenvalue weighted by molar-refractivity contribution is 6.02. The molecule has 35 heavy (non-hydrogen) atoms. The first-order valence-corrected chi connectivity index (χ1v) is 12.2. The highest BCUT2D eigenvalue weighted by atomic mass is 16.5. The second kappa shape index (κ2) is 9.85. The average molecular weight is 480 g/mol. The number of amides is 2. The molecule has 1 atom stereocenters. The summed E-state index contributed by atoms with van der Waals surface area (Å²) in [5.74, 6) is 0.915. The number of carbonyl (C=O) groups excluding carboxylic acids is 2. The fraction of sp³-hybridized carbons (Fsp3) is 0.462. The van der Waals surface area contributed by atoms with Crippen LogP contribution in [0, 0.1) is 5.41 Å². The first kappa shape index (κ1) is 23.6. The normalized spacial score (nSPS) is 22.1. The van der Waals surface area contributed by atoms with E-state index in [-0.39, 0.29) is 17.2 Å². The Morgan fingerprint density at radius 2 is 1.86 bits per heavy atom. The number of ether oxygens (including phenoxy) is 1. The number of carbonyl (C=O) groups is 2. The molecule has 3 fully saturated rings. The molecule has 2 aromatic rings. The van der Waals surface area contributed by atoms with Crippen LogP contribution >= 0.6 is 0 Å². The van der Waals surface area contributed by atoms with E-state index >= 15 is 0 Å². The molecule has 3 saturated heterocycles. The van der Waals surface area contributed by atoms with E-state index in [1.807, 2.05) is 41.3 Å². The van der Waals surface area contributed by atoms with Gasteiger partial charge >= 0.3 is 0 Å². The summed E-state index contributed by atoms with van der Waals surface area (Å²) in [4.78, 5) is 29.5. The summed E-state index contributed by atoms with van der Waals surface area (Å²) in [7, 11) is 1.62. The molecule has 2 amide bonds. The van der Waals surface area contributed by atoms with Crippen LogP contribution in [0.5, 0.6) is 5.75 Å². The van der Waals surface area contributed by atoms with E-state index in [4.69, 9.17) is 4.74 Å². The molecule has 0 aliphatic carbocycles. The molecule has 3 heterocycles. The largest absolute Gasteiger partial charge is 0.497 e. The number of aliphatic hydroxyl groups excluding tert-OH is 1. The third-order valence-electron chi connectivity index (χ3n) is 7.72. The number of anilines is 2. The first-order valence-electron chi connectivity index (χ1n) is 12.2. The highest BCUT2D eigenvalue weighted by Crippen LogP contribution is 2.44. The lowest BCUT2D eigenvalue weighted by Crippen LogP contribution is -2.51. The molecule has 0 aromatic heterocycles. The Bertz CT molecular complexity index is 1060. The number of hydrogen-bond acceptors (Lipinski definition) is 7. The second-order valence-corrected chi connectivity index (χ2v) is 9.69. The molecule has 0 radical (unpaired) electrons. The molecule has 1 unspecified atom stereocenters. The minimum absolute atomic E-state index is 0.0340. The van der Waals surface area contributed by atoms with Crippen molar-refractivity contribution in [3.63, 3.8) is 0 Å². The van der Waals surface area contributed by atoms with Crippen LogP contribution in [0.3, 0.4) is 0 Å². The summed E-state index contributed by atoms with van der Waals surface area (Å²) in [5.41, 5.74) is 8.96. The summed E-state index contributed by atoms with van der Waals surface area (Å²) in [6.45, 7) is 2.93. The van der Waals surface area contributed by atoms with E-state index in [1.54, 1.807) is 12.0 Å². The number of rotatable bonds is 6. The van der Waals surface area contributed by atoms with Crippen molar-refractivity contribution in [3.8, 4) is 5.75 Å². The van der Waals surface area contributed by atoms with Gasteiger partial charge in [0.1, 0.15) is 18.4 Å². The first-order chi connectivity index (χ1) is 17.0. The Labute approximate surface area is 205 Å². The fourth-order valence-electron chi connectivity index (χ4n) is 5.59. The van der Waals surface area contributed by atoms with E-state index in [0.29, 0.717) is 38.4 Å². The van der Waals surface area contributed by atoms with Gasteiger partial charge in [-0.1, -0.05) is 18.2 Å². The molecule has 5 rings (SSSR count). The number of likely N-dealkylation sites (tertiary alicyclic amines) is 1. The number of nitrogens with one attached hydrogen (secondary N) is 3. The second-order valence-electron chi connectivity index (χ2n) is 9.69. The molecule has 2 aromatic carbocycles. The number of hydrazine groups is 1. The van der Waals surface area contributed by atoms with Gasteiger partial charge in [-0.3, -0.25) is 20.4 Å².